The van der Waals surface area contributed by atoms with E-state index in [0.29, 0.717) is 11.3 Å². The van der Waals surface area contributed by atoms with Crippen LogP contribution in [0.5, 0.6) is 0 Å². The highest BCUT2D eigenvalue weighted by Crippen LogP contribution is 2.44. The third-order valence-electron chi connectivity index (χ3n) is 5.32. The third kappa shape index (κ3) is 4.27. The minimum absolute atomic E-state index is 0.0347. The maximum Gasteiger partial charge on any atom is 0.407 e. The standard InChI is InChI=1S/C22H23IN2O6/c1-21(2)30-12-16(24-20(27)29-11-13-7-4-3-5-8-13)18(31-21)22(28)14-9-6-10-15(23)17(14)25-19(22)26/h3-10,16,18,28H,11-12H2,1-2H3,(H,24,27)(H,25,26)/t16-,18-,22+/m1/s1. The van der Waals surface area contributed by atoms with E-state index in [2.05, 4.69) is 33.2 Å². The molecule has 0 aliphatic carbocycles. The van der Waals surface area contributed by atoms with Crippen molar-refractivity contribution in [3.63, 3.8) is 0 Å². The quantitative estimate of drug-likeness (QED) is 0.518. The Bertz CT molecular complexity index is 999. The van der Waals surface area contributed by atoms with E-state index < -0.39 is 35.5 Å². The summed E-state index contributed by atoms with van der Waals surface area (Å²) in [4.78, 5) is 25.4. The zero-order valence-corrected chi connectivity index (χ0v) is 19.2. The lowest BCUT2D eigenvalue weighted by atomic mass is 9.84. The van der Waals surface area contributed by atoms with Gasteiger partial charge < -0.3 is 30.0 Å². The van der Waals surface area contributed by atoms with Crippen LogP contribution in [0.1, 0.15) is 25.0 Å². The highest BCUT2D eigenvalue weighted by atomic mass is 127. The summed E-state index contributed by atoms with van der Waals surface area (Å²) in [7, 11) is 0. The van der Waals surface area contributed by atoms with E-state index in [1.165, 1.54) is 0 Å². The summed E-state index contributed by atoms with van der Waals surface area (Å²) < 4.78 is 17.8. The molecule has 3 atom stereocenters. The molecule has 0 radical (unpaired) electrons. The summed E-state index contributed by atoms with van der Waals surface area (Å²) in [6, 6.07) is 13.7. The van der Waals surface area contributed by atoms with Gasteiger partial charge in [0.15, 0.2) is 11.4 Å². The fourth-order valence-electron chi connectivity index (χ4n) is 3.79. The Morgan fingerprint density at radius 2 is 2.00 bits per heavy atom. The molecule has 1 saturated heterocycles. The number of carbonyl (C=O) groups excluding carboxylic acids is 2. The Hall–Kier alpha value is -2.21. The van der Waals surface area contributed by atoms with E-state index in [-0.39, 0.29) is 13.2 Å². The second kappa shape index (κ2) is 8.38. The van der Waals surface area contributed by atoms with Gasteiger partial charge in [-0.1, -0.05) is 42.5 Å². The van der Waals surface area contributed by atoms with Crippen LogP contribution in [0.2, 0.25) is 0 Å². The van der Waals surface area contributed by atoms with Crippen LogP contribution in [-0.4, -0.2) is 41.6 Å². The summed E-state index contributed by atoms with van der Waals surface area (Å²) in [5, 5.41) is 17.0. The van der Waals surface area contributed by atoms with Crippen molar-refractivity contribution in [3.05, 3.63) is 63.2 Å². The lowest BCUT2D eigenvalue weighted by Gasteiger charge is -2.45. The number of ether oxygens (including phenoxy) is 3. The number of hydrogen-bond donors (Lipinski definition) is 3. The summed E-state index contributed by atoms with van der Waals surface area (Å²) >= 11 is 2.09. The Balaban J connectivity index is 1.57. The fourth-order valence-corrected chi connectivity index (χ4v) is 4.43. The van der Waals surface area contributed by atoms with Crippen LogP contribution in [0.25, 0.3) is 0 Å². The van der Waals surface area contributed by atoms with Crippen molar-refractivity contribution in [2.24, 2.45) is 0 Å². The van der Waals surface area contributed by atoms with Crippen LogP contribution >= 0.6 is 22.6 Å². The van der Waals surface area contributed by atoms with Crippen LogP contribution in [0.15, 0.2) is 48.5 Å². The maximum atomic E-state index is 12.9. The van der Waals surface area contributed by atoms with Gasteiger partial charge in [-0.15, -0.1) is 0 Å². The first kappa shape index (κ1) is 22.0. The normalized spacial score (nSPS) is 26.6. The van der Waals surface area contributed by atoms with Crippen molar-refractivity contribution < 1.29 is 28.9 Å². The smallest absolute Gasteiger partial charge is 0.407 e. The highest BCUT2D eigenvalue weighted by molar-refractivity contribution is 14.1. The molecule has 0 saturated carbocycles. The van der Waals surface area contributed by atoms with Gasteiger partial charge in [0, 0.05) is 9.13 Å². The number of aliphatic hydroxyl groups is 1. The number of halogens is 1. The van der Waals surface area contributed by atoms with Crippen LogP contribution in [0.3, 0.4) is 0 Å². The van der Waals surface area contributed by atoms with E-state index >= 15 is 0 Å². The van der Waals surface area contributed by atoms with Gasteiger partial charge in [0.25, 0.3) is 5.91 Å². The molecule has 31 heavy (non-hydrogen) atoms. The summed E-state index contributed by atoms with van der Waals surface area (Å²) in [5.41, 5.74) is -0.233. The zero-order chi connectivity index (χ0) is 22.2. The number of benzene rings is 2. The van der Waals surface area contributed by atoms with Gasteiger partial charge in [-0.2, -0.15) is 0 Å². The molecule has 1 fully saturated rings. The molecular formula is C22H23IN2O6. The highest BCUT2D eigenvalue weighted by Gasteiger charge is 2.58. The largest absolute Gasteiger partial charge is 0.445 e. The molecular weight excluding hydrogens is 515 g/mol. The molecule has 164 valence electrons. The number of alkyl carbamates (subject to hydrolysis) is 1. The molecule has 3 N–H and O–H groups in total. The maximum absolute atomic E-state index is 12.9. The van der Waals surface area contributed by atoms with Crippen molar-refractivity contribution in [2.45, 2.75) is 44.0 Å². The van der Waals surface area contributed by atoms with Gasteiger partial charge in [-0.05, 0) is 48.1 Å². The van der Waals surface area contributed by atoms with E-state index in [9.17, 15) is 14.7 Å². The molecule has 0 spiro atoms. The fraction of sp³-hybridized carbons (Fsp3) is 0.364. The minimum atomic E-state index is -2.01. The third-order valence-corrected chi connectivity index (χ3v) is 6.22. The first-order chi connectivity index (χ1) is 14.7. The Kier molecular flexibility index (Phi) is 5.95. The number of anilines is 1. The van der Waals surface area contributed by atoms with E-state index in [4.69, 9.17) is 14.2 Å². The summed E-state index contributed by atoms with van der Waals surface area (Å²) in [6.07, 6.45) is -1.80. The molecule has 4 rings (SSSR count). The molecule has 8 nitrogen and oxygen atoms in total. The molecule has 2 aromatic carbocycles. The molecule has 2 amide bonds. The van der Waals surface area contributed by atoms with Crippen LogP contribution < -0.4 is 10.6 Å². The number of fused-ring (bicyclic) bond motifs is 1. The summed E-state index contributed by atoms with van der Waals surface area (Å²) in [6.45, 7) is 3.50. The molecule has 9 heteroatoms. The second-order valence-electron chi connectivity index (χ2n) is 7.94. The van der Waals surface area contributed by atoms with Gasteiger partial charge in [0.1, 0.15) is 12.7 Å². The van der Waals surface area contributed by atoms with Crippen molar-refractivity contribution in [3.8, 4) is 0 Å². The SMILES string of the molecule is CC1(C)OC[C@@H](NC(=O)OCc2ccccc2)[C@H]([C@]2(O)C(=O)Nc3c(I)cccc32)O1. The Morgan fingerprint density at radius 3 is 2.74 bits per heavy atom. The first-order valence-electron chi connectivity index (χ1n) is 9.82. The molecule has 2 aliphatic rings. The molecule has 2 heterocycles. The second-order valence-corrected chi connectivity index (χ2v) is 9.11. The predicted octanol–water partition coefficient (Wildman–Crippen LogP) is 2.88. The number of nitrogens with one attached hydrogen (secondary N) is 2. The van der Waals surface area contributed by atoms with Crippen molar-refractivity contribution in [2.75, 3.05) is 11.9 Å². The Labute approximate surface area is 193 Å². The molecule has 0 bridgehead atoms. The van der Waals surface area contributed by atoms with Gasteiger partial charge in [0.05, 0.1) is 18.3 Å². The number of hydrogen-bond acceptors (Lipinski definition) is 6. The lowest BCUT2D eigenvalue weighted by Crippen LogP contribution is -2.64. The number of para-hydroxylation sites is 1. The van der Waals surface area contributed by atoms with Crippen LogP contribution in [0, 0.1) is 3.57 Å². The average Bonchev–Trinajstić information content (AvgIpc) is 3.01. The van der Waals surface area contributed by atoms with Gasteiger partial charge in [-0.25, -0.2) is 4.79 Å². The zero-order valence-electron chi connectivity index (χ0n) is 17.1. The van der Waals surface area contributed by atoms with Crippen LogP contribution in [-0.2, 0) is 31.2 Å². The number of carbonyl (C=O) groups is 2. The first-order valence-corrected chi connectivity index (χ1v) is 10.9. The van der Waals surface area contributed by atoms with E-state index in [1.54, 1.807) is 26.0 Å². The topological polar surface area (TPSA) is 106 Å². The number of amides is 2. The summed E-state index contributed by atoms with van der Waals surface area (Å²) in [5.74, 6) is -1.67. The van der Waals surface area contributed by atoms with Gasteiger partial charge >= 0.3 is 6.09 Å². The molecule has 0 unspecified atom stereocenters. The van der Waals surface area contributed by atoms with Crippen molar-refractivity contribution in [1.29, 1.82) is 0 Å². The Morgan fingerprint density at radius 1 is 1.26 bits per heavy atom. The molecule has 0 aromatic heterocycles. The monoisotopic (exact) mass is 538 g/mol. The van der Waals surface area contributed by atoms with Gasteiger partial charge in [0.2, 0.25) is 0 Å². The molecule has 2 aromatic rings. The van der Waals surface area contributed by atoms with E-state index in [0.717, 1.165) is 9.13 Å². The average molecular weight is 538 g/mol. The minimum Gasteiger partial charge on any atom is -0.445 e. The predicted molar refractivity (Wildman–Crippen MR) is 120 cm³/mol. The lowest BCUT2D eigenvalue weighted by molar-refractivity contribution is -0.309. The van der Waals surface area contributed by atoms with Gasteiger partial charge in [-0.3, -0.25) is 4.79 Å². The number of rotatable bonds is 4. The van der Waals surface area contributed by atoms with E-state index in [1.807, 2.05) is 36.4 Å². The molecule has 2 aliphatic heterocycles. The van der Waals surface area contributed by atoms with Crippen LogP contribution in [0.4, 0.5) is 10.5 Å². The van der Waals surface area contributed by atoms with Crippen molar-refractivity contribution in [1.82, 2.24) is 5.32 Å². The van der Waals surface area contributed by atoms with Crippen molar-refractivity contribution >= 4 is 40.3 Å².